The molecule has 21 heavy (non-hydrogen) atoms. The summed E-state index contributed by atoms with van der Waals surface area (Å²) in [5.74, 6) is 3.67. The highest BCUT2D eigenvalue weighted by molar-refractivity contribution is 5.57. The zero-order valence-electron chi connectivity index (χ0n) is 13.8. The second-order valence-electron chi connectivity index (χ2n) is 6.28. The molecule has 2 atom stereocenters. The summed E-state index contributed by atoms with van der Waals surface area (Å²) in [5, 5.41) is 7.03. The van der Waals surface area contributed by atoms with Gasteiger partial charge < -0.3 is 10.6 Å². The Kier molecular flexibility index (Phi) is 6.27. The Bertz CT molecular complexity index is 433. The minimum absolute atomic E-state index is 0.793. The lowest BCUT2D eigenvalue weighted by atomic mass is 9.98. The second-order valence-corrected chi connectivity index (χ2v) is 6.28. The van der Waals surface area contributed by atoms with Gasteiger partial charge in [0.25, 0.3) is 0 Å². The van der Waals surface area contributed by atoms with Crippen LogP contribution in [0.4, 0.5) is 11.6 Å². The van der Waals surface area contributed by atoms with E-state index in [1.54, 1.807) is 6.33 Å². The summed E-state index contributed by atoms with van der Waals surface area (Å²) in [5.41, 5.74) is 1.25. The first-order valence-electron chi connectivity index (χ1n) is 8.57. The van der Waals surface area contributed by atoms with E-state index < -0.39 is 0 Å². The average Bonchev–Trinajstić information content (AvgIpc) is 2.90. The summed E-state index contributed by atoms with van der Waals surface area (Å²) < 4.78 is 0. The summed E-state index contributed by atoms with van der Waals surface area (Å²) in [4.78, 5) is 8.92. The van der Waals surface area contributed by atoms with Gasteiger partial charge >= 0.3 is 0 Å². The van der Waals surface area contributed by atoms with Gasteiger partial charge in [-0.25, -0.2) is 9.97 Å². The molecule has 1 saturated carbocycles. The third-order valence-electron chi connectivity index (χ3n) is 4.56. The van der Waals surface area contributed by atoms with E-state index >= 15 is 0 Å². The number of rotatable bonds is 8. The monoisotopic (exact) mass is 290 g/mol. The molecule has 0 saturated heterocycles. The minimum atomic E-state index is 0.793. The summed E-state index contributed by atoms with van der Waals surface area (Å²) in [6, 6.07) is 0. The Balaban J connectivity index is 2.05. The smallest absolute Gasteiger partial charge is 0.134 e. The van der Waals surface area contributed by atoms with Gasteiger partial charge in [0.05, 0.1) is 0 Å². The molecule has 2 N–H and O–H groups in total. The first kappa shape index (κ1) is 16.1. The van der Waals surface area contributed by atoms with Crippen molar-refractivity contribution in [3.05, 3.63) is 11.9 Å². The maximum atomic E-state index is 4.49. The predicted octanol–water partition coefficient (Wildman–Crippen LogP) is 4.10. The molecule has 1 aliphatic carbocycles. The molecule has 0 amide bonds. The third-order valence-corrected chi connectivity index (χ3v) is 4.56. The number of nitrogens with zero attached hydrogens (tertiary/aromatic N) is 2. The molecule has 2 unspecified atom stereocenters. The van der Waals surface area contributed by atoms with Crippen molar-refractivity contribution in [3.8, 4) is 0 Å². The molecule has 1 aromatic rings. The lowest BCUT2D eigenvalue weighted by Gasteiger charge is -2.19. The molecule has 1 fully saturated rings. The van der Waals surface area contributed by atoms with E-state index in [0.29, 0.717) is 0 Å². The zero-order valence-corrected chi connectivity index (χ0v) is 13.8. The van der Waals surface area contributed by atoms with Crippen LogP contribution in [0.5, 0.6) is 0 Å². The largest absolute Gasteiger partial charge is 0.370 e. The van der Waals surface area contributed by atoms with E-state index in [1.807, 2.05) is 0 Å². The number of hydrogen-bond acceptors (Lipinski definition) is 4. The molecule has 0 bridgehead atoms. The van der Waals surface area contributed by atoms with Crippen molar-refractivity contribution in [2.45, 2.75) is 59.3 Å². The van der Waals surface area contributed by atoms with Gasteiger partial charge in [0, 0.05) is 18.7 Å². The summed E-state index contributed by atoms with van der Waals surface area (Å²) in [7, 11) is 0. The molecule has 1 aromatic heterocycles. The lowest BCUT2D eigenvalue weighted by molar-refractivity contribution is 0.439. The second kappa shape index (κ2) is 8.20. The molecule has 0 radical (unpaired) electrons. The highest BCUT2D eigenvalue weighted by Gasteiger charge is 2.23. The van der Waals surface area contributed by atoms with Gasteiger partial charge in [0.15, 0.2) is 0 Å². The van der Waals surface area contributed by atoms with E-state index in [-0.39, 0.29) is 0 Å². The maximum absolute atomic E-state index is 4.49. The Hall–Kier alpha value is -1.32. The van der Waals surface area contributed by atoms with E-state index in [4.69, 9.17) is 0 Å². The quantitative estimate of drug-likeness (QED) is 0.757. The predicted molar refractivity (Wildman–Crippen MR) is 89.8 cm³/mol. The van der Waals surface area contributed by atoms with Crippen molar-refractivity contribution in [2.24, 2.45) is 11.8 Å². The van der Waals surface area contributed by atoms with Crippen molar-refractivity contribution in [1.82, 2.24) is 9.97 Å². The van der Waals surface area contributed by atoms with E-state index in [1.165, 1.54) is 24.8 Å². The number of nitrogens with one attached hydrogen (secondary N) is 2. The SMILES string of the molecule is CCCNc1ncnc(NCC2CCCC2C)c1CCC. The van der Waals surface area contributed by atoms with Crippen molar-refractivity contribution >= 4 is 11.6 Å². The van der Waals surface area contributed by atoms with Crippen LogP contribution in [0.15, 0.2) is 6.33 Å². The Morgan fingerprint density at radius 2 is 1.86 bits per heavy atom. The van der Waals surface area contributed by atoms with E-state index in [2.05, 4.69) is 41.4 Å². The van der Waals surface area contributed by atoms with Crippen LogP contribution in [0.1, 0.15) is 58.4 Å². The van der Waals surface area contributed by atoms with Crippen molar-refractivity contribution in [1.29, 1.82) is 0 Å². The summed E-state index contributed by atoms with van der Waals surface area (Å²) >= 11 is 0. The average molecular weight is 290 g/mol. The molecule has 4 heteroatoms. The Labute approximate surface area is 129 Å². The van der Waals surface area contributed by atoms with Crippen molar-refractivity contribution in [2.75, 3.05) is 23.7 Å². The standard InChI is InChI=1S/C17H30N4/c1-4-7-15-16(18-10-5-2)20-12-21-17(15)19-11-14-9-6-8-13(14)3/h12-14H,4-11H2,1-3H3,(H2,18,19,20,21). The fourth-order valence-corrected chi connectivity index (χ4v) is 3.20. The van der Waals surface area contributed by atoms with Gasteiger partial charge in [0.2, 0.25) is 0 Å². The van der Waals surface area contributed by atoms with Gasteiger partial charge in [-0.3, -0.25) is 0 Å². The van der Waals surface area contributed by atoms with Crippen molar-refractivity contribution in [3.63, 3.8) is 0 Å². The van der Waals surface area contributed by atoms with Gasteiger partial charge in [0.1, 0.15) is 18.0 Å². The first-order valence-corrected chi connectivity index (χ1v) is 8.57. The van der Waals surface area contributed by atoms with Crippen LogP contribution < -0.4 is 10.6 Å². The van der Waals surface area contributed by atoms with Gasteiger partial charge in [-0.1, -0.05) is 40.0 Å². The van der Waals surface area contributed by atoms with Crippen molar-refractivity contribution < 1.29 is 0 Å². The first-order chi connectivity index (χ1) is 10.3. The van der Waals surface area contributed by atoms with Crippen LogP contribution in [0, 0.1) is 11.8 Å². The maximum Gasteiger partial charge on any atom is 0.134 e. The highest BCUT2D eigenvalue weighted by atomic mass is 15.1. The fraction of sp³-hybridized carbons (Fsp3) is 0.765. The van der Waals surface area contributed by atoms with Crippen LogP contribution in [0.25, 0.3) is 0 Å². The molecule has 4 nitrogen and oxygen atoms in total. The van der Waals surface area contributed by atoms with Crippen LogP contribution >= 0.6 is 0 Å². The zero-order chi connectivity index (χ0) is 15.1. The summed E-state index contributed by atoms with van der Waals surface area (Å²) in [6.07, 6.45) is 9.03. The molecular weight excluding hydrogens is 260 g/mol. The molecule has 118 valence electrons. The van der Waals surface area contributed by atoms with Gasteiger partial charge in [-0.05, 0) is 31.1 Å². The molecule has 1 heterocycles. The van der Waals surface area contributed by atoms with Crippen LogP contribution in [-0.4, -0.2) is 23.1 Å². The number of anilines is 2. The van der Waals surface area contributed by atoms with Gasteiger partial charge in [-0.2, -0.15) is 0 Å². The van der Waals surface area contributed by atoms with E-state index in [9.17, 15) is 0 Å². The Morgan fingerprint density at radius 3 is 2.48 bits per heavy atom. The number of aromatic nitrogens is 2. The topological polar surface area (TPSA) is 49.8 Å². The lowest BCUT2D eigenvalue weighted by Crippen LogP contribution is -2.19. The Morgan fingerprint density at radius 1 is 1.10 bits per heavy atom. The molecule has 0 aromatic carbocycles. The number of hydrogen-bond donors (Lipinski definition) is 2. The molecule has 2 rings (SSSR count). The highest BCUT2D eigenvalue weighted by Crippen LogP contribution is 2.31. The minimum Gasteiger partial charge on any atom is -0.370 e. The molecular formula is C17H30N4. The normalized spacial score (nSPS) is 21.5. The van der Waals surface area contributed by atoms with Crippen LogP contribution in [0.3, 0.4) is 0 Å². The molecule has 1 aliphatic rings. The molecule has 0 aliphatic heterocycles. The van der Waals surface area contributed by atoms with E-state index in [0.717, 1.165) is 55.8 Å². The summed E-state index contributed by atoms with van der Waals surface area (Å²) in [6.45, 7) is 8.77. The van der Waals surface area contributed by atoms with Gasteiger partial charge in [-0.15, -0.1) is 0 Å². The third kappa shape index (κ3) is 4.32. The van der Waals surface area contributed by atoms with Crippen LogP contribution in [-0.2, 0) is 6.42 Å². The van der Waals surface area contributed by atoms with Crippen LogP contribution in [0.2, 0.25) is 0 Å². The molecule has 0 spiro atoms. The fourth-order valence-electron chi connectivity index (χ4n) is 3.20.